The molecule has 0 unspecified atom stereocenters. The summed E-state index contributed by atoms with van der Waals surface area (Å²) in [5, 5.41) is 9.21. The lowest BCUT2D eigenvalue weighted by Gasteiger charge is -2.10. The van der Waals surface area contributed by atoms with Gasteiger partial charge in [-0.1, -0.05) is 29.8 Å². The molecule has 2 aromatic carbocycles. The van der Waals surface area contributed by atoms with Crippen molar-refractivity contribution in [3.63, 3.8) is 0 Å². The van der Waals surface area contributed by atoms with Gasteiger partial charge in [0, 0.05) is 0 Å². The predicted molar refractivity (Wildman–Crippen MR) is 81.2 cm³/mol. The molecule has 1 aliphatic rings. The van der Waals surface area contributed by atoms with Gasteiger partial charge in [-0.25, -0.2) is 4.79 Å². The molecule has 0 atom stereocenters. The third-order valence-electron chi connectivity index (χ3n) is 3.74. The van der Waals surface area contributed by atoms with Crippen LogP contribution in [0.15, 0.2) is 36.4 Å². The van der Waals surface area contributed by atoms with Crippen molar-refractivity contribution in [2.45, 2.75) is 25.9 Å². The van der Waals surface area contributed by atoms with Crippen LogP contribution in [0.25, 0.3) is 0 Å². The number of fused-ring (bicyclic) bond motifs is 1. The van der Waals surface area contributed by atoms with E-state index in [1.807, 2.05) is 0 Å². The Labute approximate surface area is 128 Å². The third-order valence-corrected chi connectivity index (χ3v) is 4.03. The highest BCUT2D eigenvalue weighted by molar-refractivity contribution is 6.32. The maximum atomic E-state index is 10.9. The van der Waals surface area contributed by atoms with E-state index in [1.165, 1.54) is 36.1 Å². The first-order chi connectivity index (χ1) is 10.1. The summed E-state index contributed by atoms with van der Waals surface area (Å²) < 4.78 is 5.69. The molecule has 4 heteroatoms. The van der Waals surface area contributed by atoms with Crippen LogP contribution in [0.3, 0.4) is 0 Å². The summed E-state index contributed by atoms with van der Waals surface area (Å²) in [6.45, 7) is 0.430. The smallest absolute Gasteiger partial charge is 0.335 e. The molecule has 21 heavy (non-hydrogen) atoms. The van der Waals surface area contributed by atoms with Crippen LogP contribution < -0.4 is 4.74 Å². The molecule has 0 saturated carbocycles. The fourth-order valence-corrected chi connectivity index (χ4v) is 2.86. The monoisotopic (exact) mass is 302 g/mol. The summed E-state index contributed by atoms with van der Waals surface area (Å²) in [5.41, 5.74) is 4.10. The van der Waals surface area contributed by atoms with Crippen molar-refractivity contribution in [2.75, 3.05) is 0 Å². The third kappa shape index (κ3) is 3.03. The molecule has 2 aromatic rings. The van der Waals surface area contributed by atoms with Crippen molar-refractivity contribution >= 4 is 17.6 Å². The van der Waals surface area contributed by atoms with Crippen molar-refractivity contribution in [2.24, 2.45) is 0 Å². The summed E-state index contributed by atoms with van der Waals surface area (Å²) in [7, 11) is 0. The van der Waals surface area contributed by atoms with Gasteiger partial charge in [-0.15, -0.1) is 0 Å². The highest BCUT2D eigenvalue weighted by atomic mass is 35.5. The van der Waals surface area contributed by atoms with E-state index < -0.39 is 5.97 Å². The van der Waals surface area contributed by atoms with Crippen LogP contribution in [0.4, 0.5) is 0 Å². The van der Waals surface area contributed by atoms with Gasteiger partial charge in [-0.3, -0.25) is 0 Å². The number of ether oxygens (including phenoxy) is 1. The normalized spacial score (nSPS) is 13.0. The Hall–Kier alpha value is -2.00. The molecule has 1 N–H and O–H groups in total. The highest BCUT2D eigenvalue weighted by Gasteiger charge is 2.12. The minimum Gasteiger partial charge on any atom is -0.487 e. The molecule has 0 radical (unpaired) electrons. The van der Waals surface area contributed by atoms with Crippen LogP contribution in [0.2, 0.25) is 5.02 Å². The Kier molecular flexibility index (Phi) is 3.84. The molecule has 0 aromatic heterocycles. The van der Waals surface area contributed by atoms with Gasteiger partial charge < -0.3 is 9.84 Å². The fraction of sp³-hybridized carbons (Fsp3) is 0.235. The SMILES string of the molecule is O=C(O)c1ccc(OCc2ccc3c(c2)CCC3)c(Cl)c1. The van der Waals surface area contributed by atoms with Crippen molar-refractivity contribution in [1.29, 1.82) is 0 Å². The number of hydrogen-bond acceptors (Lipinski definition) is 2. The van der Waals surface area contributed by atoms with Crippen molar-refractivity contribution in [3.8, 4) is 5.75 Å². The van der Waals surface area contributed by atoms with E-state index in [0.717, 1.165) is 12.0 Å². The van der Waals surface area contributed by atoms with Crippen LogP contribution in [-0.2, 0) is 19.4 Å². The lowest BCUT2D eigenvalue weighted by molar-refractivity contribution is 0.0697. The molecule has 0 amide bonds. The number of aromatic carboxylic acids is 1. The molecule has 0 saturated heterocycles. The Bertz CT molecular complexity index is 694. The second-order valence-electron chi connectivity index (χ2n) is 5.20. The number of aryl methyl sites for hydroxylation is 2. The van der Waals surface area contributed by atoms with Gasteiger partial charge in [0.1, 0.15) is 12.4 Å². The zero-order chi connectivity index (χ0) is 14.8. The van der Waals surface area contributed by atoms with E-state index in [-0.39, 0.29) is 5.56 Å². The largest absolute Gasteiger partial charge is 0.487 e. The van der Waals surface area contributed by atoms with Crippen LogP contribution >= 0.6 is 11.6 Å². The average Bonchev–Trinajstić information content (AvgIpc) is 2.93. The van der Waals surface area contributed by atoms with Crippen molar-refractivity contribution in [3.05, 3.63) is 63.7 Å². The summed E-state index contributed by atoms with van der Waals surface area (Å²) in [4.78, 5) is 10.9. The van der Waals surface area contributed by atoms with Crippen LogP contribution in [0, 0.1) is 0 Å². The molecule has 0 fully saturated rings. The second-order valence-corrected chi connectivity index (χ2v) is 5.60. The first kappa shape index (κ1) is 14.0. The summed E-state index contributed by atoms with van der Waals surface area (Å²) in [5.74, 6) is -0.496. The molecule has 3 rings (SSSR count). The molecular weight excluding hydrogens is 288 g/mol. The van der Waals surface area contributed by atoms with E-state index in [1.54, 1.807) is 6.07 Å². The lowest BCUT2D eigenvalue weighted by atomic mass is 10.1. The Morgan fingerprint density at radius 3 is 2.71 bits per heavy atom. The average molecular weight is 303 g/mol. The quantitative estimate of drug-likeness (QED) is 0.924. The molecule has 108 valence electrons. The Balaban J connectivity index is 1.71. The Morgan fingerprint density at radius 1 is 1.14 bits per heavy atom. The van der Waals surface area contributed by atoms with E-state index in [0.29, 0.717) is 17.4 Å². The minimum atomic E-state index is -0.998. The number of rotatable bonds is 4. The molecular formula is C17H15ClO3. The summed E-state index contributed by atoms with van der Waals surface area (Å²) in [6, 6.07) is 10.9. The summed E-state index contributed by atoms with van der Waals surface area (Å²) in [6.07, 6.45) is 3.53. The van der Waals surface area contributed by atoms with Gasteiger partial charge in [0.15, 0.2) is 0 Å². The minimum absolute atomic E-state index is 0.157. The van der Waals surface area contributed by atoms with Crippen LogP contribution in [0.5, 0.6) is 5.75 Å². The fourth-order valence-electron chi connectivity index (χ4n) is 2.63. The number of benzene rings is 2. The zero-order valence-electron chi connectivity index (χ0n) is 11.4. The Morgan fingerprint density at radius 2 is 1.95 bits per heavy atom. The highest BCUT2D eigenvalue weighted by Crippen LogP contribution is 2.27. The first-order valence-corrected chi connectivity index (χ1v) is 7.27. The van der Waals surface area contributed by atoms with Crippen molar-refractivity contribution < 1.29 is 14.6 Å². The maximum absolute atomic E-state index is 10.9. The van der Waals surface area contributed by atoms with Gasteiger partial charge in [-0.05, 0) is 54.2 Å². The predicted octanol–water partition coefficient (Wildman–Crippen LogP) is 4.11. The van der Waals surface area contributed by atoms with Gasteiger partial charge in [-0.2, -0.15) is 0 Å². The van der Waals surface area contributed by atoms with E-state index in [4.69, 9.17) is 21.4 Å². The van der Waals surface area contributed by atoms with E-state index in [2.05, 4.69) is 18.2 Å². The zero-order valence-corrected chi connectivity index (χ0v) is 12.2. The van der Waals surface area contributed by atoms with Gasteiger partial charge in [0.25, 0.3) is 0 Å². The number of carbonyl (C=O) groups is 1. The second kappa shape index (κ2) is 5.78. The van der Waals surface area contributed by atoms with Gasteiger partial charge >= 0.3 is 5.97 Å². The standard InChI is InChI=1S/C17H15ClO3/c18-15-9-14(17(19)20)6-7-16(15)21-10-11-4-5-12-2-1-3-13(12)8-11/h4-9H,1-3,10H2,(H,19,20). The van der Waals surface area contributed by atoms with E-state index >= 15 is 0 Å². The molecule has 3 nitrogen and oxygen atoms in total. The van der Waals surface area contributed by atoms with Gasteiger partial charge in [0.2, 0.25) is 0 Å². The topological polar surface area (TPSA) is 46.5 Å². The number of carboxylic acid groups (broad SMARTS) is 1. The van der Waals surface area contributed by atoms with Crippen LogP contribution in [-0.4, -0.2) is 11.1 Å². The molecule has 1 aliphatic carbocycles. The maximum Gasteiger partial charge on any atom is 0.335 e. The molecule has 0 heterocycles. The van der Waals surface area contributed by atoms with Crippen molar-refractivity contribution in [1.82, 2.24) is 0 Å². The number of carboxylic acids is 1. The molecule has 0 aliphatic heterocycles. The number of hydrogen-bond donors (Lipinski definition) is 1. The first-order valence-electron chi connectivity index (χ1n) is 6.90. The van der Waals surface area contributed by atoms with Crippen LogP contribution in [0.1, 0.15) is 33.5 Å². The van der Waals surface area contributed by atoms with Gasteiger partial charge in [0.05, 0.1) is 10.6 Å². The lowest BCUT2D eigenvalue weighted by Crippen LogP contribution is -1.99. The summed E-state index contributed by atoms with van der Waals surface area (Å²) >= 11 is 6.05. The molecule has 0 spiro atoms. The molecule has 0 bridgehead atoms. The van der Waals surface area contributed by atoms with E-state index in [9.17, 15) is 4.79 Å². The number of halogens is 1.